The van der Waals surface area contributed by atoms with E-state index >= 15 is 0 Å². The predicted molar refractivity (Wildman–Crippen MR) is 87.9 cm³/mol. The normalized spacial score (nSPS) is 11.2. The van der Waals surface area contributed by atoms with Crippen molar-refractivity contribution in [3.8, 4) is 0 Å². The van der Waals surface area contributed by atoms with E-state index in [1.54, 1.807) is 0 Å². The number of hydrogen-bond acceptors (Lipinski definition) is 1. The number of carbonyl (C=O) groups is 1. The summed E-state index contributed by atoms with van der Waals surface area (Å²) in [4.78, 5) is 14.3. The zero-order valence-corrected chi connectivity index (χ0v) is 14.5. The molecule has 0 aromatic heterocycles. The van der Waals surface area contributed by atoms with Gasteiger partial charge in [-0.3, -0.25) is 0 Å². The molecular formula is C16H25BrN2O. The molecule has 1 rings (SSSR count). The van der Waals surface area contributed by atoms with E-state index in [-0.39, 0.29) is 11.6 Å². The highest BCUT2D eigenvalue weighted by Crippen LogP contribution is 2.22. The van der Waals surface area contributed by atoms with Gasteiger partial charge in [0.2, 0.25) is 0 Å². The van der Waals surface area contributed by atoms with Crippen LogP contribution in [0, 0.1) is 0 Å². The van der Waals surface area contributed by atoms with Gasteiger partial charge < -0.3 is 10.2 Å². The van der Waals surface area contributed by atoms with E-state index in [1.165, 1.54) is 0 Å². The molecule has 0 aliphatic heterocycles. The van der Waals surface area contributed by atoms with Crippen molar-refractivity contribution in [2.75, 3.05) is 13.1 Å². The first kappa shape index (κ1) is 17.0. The molecule has 0 radical (unpaired) electrons. The Morgan fingerprint density at radius 1 is 1.15 bits per heavy atom. The molecular weight excluding hydrogens is 316 g/mol. The third-order valence-corrected chi connectivity index (χ3v) is 3.79. The molecule has 0 bridgehead atoms. The number of nitrogens with zero attached hydrogens (tertiary/aromatic N) is 1. The number of urea groups is 1. The molecule has 0 aliphatic rings. The maximum absolute atomic E-state index is 12.4. The highest BCUT2D eigenvalue weighted by atomic mass is 79.9. The third-order valence-electron chi connectivity index (χ3n) is 3.26. The van der Waals surface area contributed by atoms with E-state index in [0.717, 1.165) is 36.0 Å². The Kier molecular flexibility index (Phi) is 6.53. The van der Waals surface area contributed by atoms with Gasteiger partial charge in [0.15, 0.2) is 0 Å². The monoisotopic (exact) mass is 340 g/mol. The van der Waals surface area contributed by atoms with Crippen LogP contribution < -0.4 is 5.32 Å². The summed E-state index contributed by atoms with van der Waals surface area (Å²) in [7, 11) is 0. The molecule has 112 valence electrons. The molecule has 0 saturated heterocycles. The molecule has 20 heavy (non-hydrogen) atoms. The molecule has 0 heterocycles. The van der Waals surface area contributed by atoms with Crippen molar-refractivity contribution in [1.82, 2.24) is 10.2 Å². The van der Waals surface area contributed by atoms with Crippen LogP contribution in [0.3, 0.4) is 0 Å². The standard InChI is InChI=1S/C16H25BrN2O/c1-5-11-19(12-6-2)15(20)18-16(3,4)13-7-9-14(17)10-8-13/h7-10H,5-6,11-12H2,1-4H3,(H,18,20). The van der Waals surface area contributed by atoms with Crippen LogP contribution in [-0.4, -0.2) is 24.0 Å². The second-order valence-corrected chi connectivity index (χ2v) is 6.46. The summed E-state index contributed by atoms with van der Waals surface area (Å²) >= 11 is 3.43. The van der Waals surface area contributed by atoms with Gasteiger partial charge in [-0.25, -0.2) is 4.79 Å². The number of carbonyl (C=O) groups excluding carboxylic acids is 1. The molecule has 1 aromatic rings. The Morgan fingerprint density at radius 2 is 1.65 bits per heavy atom. The zero-order chi connectivity index (χ0) is 15.2. The van der Waals surface area contributed by atoms with E-state index in [9.17, 15) is 4.79 Å². The van der Waals surface area contributed by atoms with Crippen LogP contribution in [0.25, 0.3) is 0 Å². The van der Waals surface area contributed by atoms with Crippen molar-refractivity contribution in [2.24, 2.45) is 0 Å². The van der Waals surface area contributed by atoms with Crippen LogP contribution in [0.1, 0.15) is 46.1 Å². The molecule has 0 saturated carbocycles. The van der Waals surface area contributed by atoms with Gasteiger partial charge in [0.25, 0.3) is 0 Å². The second-order valence-electron chi connectivity index (χ2n) is 5.55. The van der Waals surface area contributed by atoms with Gasteiger partial charge in [-0.05, 0) is 44.4 Å². The minimum absolute atomic E-state index is 0.0154. The fraction of sp³-hybridized carbons (Fsp3) is 0.562. The summed E-state index contributed by atoms with van der Waals surface area (Å²) in [5.74, 6) is 0. The summed E-state index contributed by atoms with van der Waals surface area (Å²) in [6.45, 7) is 9.85. The van der Waals surface area contributed by atoms with Gasteiger partial charge in [-0.1, -0.05) is 41.9 Å². The maximum atomic E-state index is 12.4. The van der Waals surface area contributed by atoms with E-state index in [0.29, 0.717) is 0 Å². The topological polar surface area (TPSA) is 32.3 Å². The molecule has 2 amide bonds. The van der Waals surface area contributed by atoms with Gasteiger partial charge in [-0.15, -0.1) is 0 Å². The molecule has 0 aliphatic carbocycles. The largest absolute Gasteiger partial charge is 0.329 e. The van der Waals surface area contributed by atoms with Gasteiger partial charge in [0.1, 0.15) is 0 Å². The summed E-state index contributed by atoms with van der Waals surface area (Å²) in [5.41, 5.74) is 0.722. The number of nitrogens with one attached hydrogen (secondary N) is 1. The van der Waals surface area contributed by atoms with Crippen LogP contribution >= 0.6 is 15.9 Å². The predicted octanol–water partition coefficient (Wildman–Crippen LogP) is 4.52. The Balaban J connectivity index is 2.77. The van der Waals surface area contributed by atoms with Crippen LogP contribution in [0.5, 0.6) is 0 Å². The lowest BCUT2D eigenvalue weighted by Crippen LogP contribution is -2.48. The molecule has 1 N–H and O–H groups in total. The zero-order valence-electron chi connectivity index (χ0n) is 12.9. The van der Waals surface area contributed by atoms with E-state index in [2.05, 4.69) is 35.1 Å². The third kappa shape index (κ3) is 4.82. The lowest BCUT2D eigenvalue weighted by Gasteiger charge is -2.31. The average molecular weight is 341 g/mol. The van der Waals surface area contributed by atoms with Crippen molar-refractivity contribution >= 4 is 22.0 Å². The Hall–Kier alpha value is -1.03. The SMILES string of the molecule is CCCN(CCC)C(=O)NC(C)(C)c1ccc(Br)cc1. The highest BCUT2D eigenvalue weighted by Gasteiger charge is 2.25. The first-order chi connectivity index (χ1) is 9.40. The molecule has 0 atom stereocenters. The number of amides is 2. The number of hydrogen-bond donors (Lipinski definition) is 1. The molecule has 3 nitrogen and oxygen atoms in total. The highest BCUT2D eigenvalue weighted by molar-refractivity contribution is 9.10. The van der Waals surface area contributed by atoms with E-state index in [1.807, 2.05) is 43.0 Å². The first-order valence-corrected chi connectivity index (χ1v) is 8.03. The molecule has 0 spiro atoms. The number of benzene rings is 1. The summed E-state index contributed by atoms with van der Waals surface area (Å²) in [6, 6.07) is 8.09. The Labute approximate surface area is 130 Å². The second kappa shape index (κ2) is 7.67. The van der Waals surface area contributed by atoms with Gasteiger partial charge in [0, 0.05) is 17.6 Å². The van der Waals surface area contributed by atoms with Crippen molar-refractivity contribution in [3.05, 3.63) is 34.3 Å². The summed E-state index contributed by atoms with van der Waals surface area (Å²) in [5, 5.41) is 3.13. The smallest absolute Gasteiger partial charge is 0.318 e. The summed E-state index contributed by atoms with van der Waals surface area (Å²) < 4.78 is 1.04. The maximum Gasteiger partial charge on any atom is 0.318 e. The van der Waals surface area contributed by atoms with Crippen LogP contribution in [0.15, 0.2) is 28.7 Å². The van der Waals surface area contributed by atoms with Gasteiger partial charge >= 0.3 is 6.03 Å². The van der Waals surface area contributed by atoms with Crippen molar-refractivity contribution in [3.63, 3.8) is 0 Å². The Bertz CT molecular complexity index is 423. The fourth-order valence-corrected chi connectivity index (χ4v) is 2.40. The van der Waals surface area contributed by atoms with Crippen molar-refractivity contribution in [2.45, 2.75) is 46.1 Å². The van der Waals surface area contributed by atoms with Gasteiger partial charge in [-0.2, -0.15) is 0 Å². The molecule has 0 fully saturated rings. The van der Waals surface area contributed by atoms with Crippen LogP contribution in [0.2, 0.25) is 0 Å². The first-order valence-electron chi connectivity index (χ1n) is 7.23. The van der Waals surface area contributed by atoms with E-state index < -0.39 is 0 Å². The van der Waals surface area contributed by atoms with E-state index in [4.69, 9.17) is 0 Å². The number of halogens is 1. The fourth-order valence-electron chi connectivity index (χ4n) is 2.14. The Morgan fingerprint density at radius 3 is 2.10 bits per heavy atom. The lowest BCUT2D eigenvalue weighted by atomic mass is 9.94. The molecule has 4 heteroatoms. The quantitative estimate of drug-likeness (QED) is 0.811. The number of rotatable bonds is 6. The minimum Gasteiger partial charge on any atom is -0.329 e. The van der Waals surface area contributed by atoms with Crippen LogP contribution in [-0.2, 0) is 5.54 Å². The van der Waals surface area contributed by atoms with Crippen molar-refractivity contribution < 1.29 is 4.79 Å². The van der Waals surface area contributed by atoms with Crippen molar-refractivity contribution in [1.29, 1.82) is 0 Å². The summed E-state index contributed by atoms with van der Waals surface area (Å²) in [6.07, 6.45) is 1.96. The average Bonchev–Trinajstić information content (AvgIpc) is 2.38. The lowest BCUT2D eigenvalue weighted by molar-refractivity contribution is 0.186. The van der Waals surface area contributed by atoms with Crippen LogP contribution in [0.4, 0.5) is 4.79 Å². The molecule has 1 aromatic carbocycles. The molecule has 0 unspecified atom stereocenters. The van der Waals surface area contributed by atoms with Gasteiger partial charge in [0.05, 0.1) is 5.54 Å². The minimum atomic E-state index is -0.377.